The molecule has 0 fully saturated rings. The molecular weight excluding hydrogens is 273 g/mol. The van der Waals surface area contributed by atoms with Gasteiger partial charge in [-0.25, -0.2) is 4.39 Å². The molecule has 0 aliphatic heterocycles. The van der Waals surface area contributed by atoms with Gasteiger partial charge in [-0.05, 0) is 31.2 Å². The van der Waals surface area contributed by atoms with Gasteiger partial charge in [0.05, 0.1) is 24.0 Å². The number of anilines is 1. The van der Waals surface area contributed by atoms with Crippen LogP contribution >= 0.6 is 0 Å². The van der Waals surface area contributed by atoms with E-state index in [1.54, 1.807) is 19.1 Å². The molecule has 0 aliphatic carbocycles. The lowest BCUT2D eigenvalue weighted by atomic mass is 10.1. The first kappa shape index (κ1) is 14.8. The minimum Gasteiger partial charge on any atom is -0.469 e. The first-order valence-corrected chi connectivity index (χ1v) is 6.36. The van der Waals surface area contributed by atoms with Crippen molar-refractivity contribution in [2.75, 3.05) is 11.9 Å². The summed E-state index contributed by atoms with van der Waals surface area (Å²) in [7, 11) is 0. The molecule has 0 aliphatic rings. The zero-order chi connectivity index (χ0) is 15.2. The van der Waals surface area contributed by atoms with Crippen molar-refractivity contribution < 1.29 is 18.7 Å². The molecule has 5 heteroatoms. The van der Waals surface area contributed by atoms with E-state index in [-0.39, 0.29) is 24.5 Å². The molecule has 108 valence electrons. The molecule has 1 heterocycles. The van der Waals surface area contributed by atoms with Gasteiger partial charge in [0.15, 0.2) is 0 Å². The van der Waals surface area contributed by atoms with Crippen LogP contribution in [-0.4, -0.2) is 17.6 Å². The number of halogens is 1. The van der Waals surface area contributed by atoms with Crippen LogP contribution in [0.2, 0.25) is 0 Å². The summed E-state index contributed by atoms with van der Waals surface area (Å²) in [6.45, 7) is 1.61. The van der Waals surface area contributed by atoms with Gasteiger partial charge < -0.3 is 14.8 Å². The van der Waals surface area contributed by atoms with E-state index in [4.69, 9.17) is 9.52 Å². The van der Waals surface area contributed by atoms with Crippen molar-refractivity contribution in [3.63, 3.8) is 0 Å². The molecule has 21 heavy (non-hydrogen) atoms. The Bertz CT molecular complexity index is 710. The van der Waals surface area contributed by atoms with Crippen LogP contribution in [0.25, 0.3) is 0 Å². The number of aliphatic hydroxyl groups excluding tert-OH is 1. The van der Waals surface area contributed by atoms with Crippen LogP contribution in [0.15, 0.2) is 34.9 Å². The third-order valence-electron chi connectivity index (χ3n) is 2.79. The number of nitrogens with one attached hydrogen (secondary N) is 1. The average Bonchev–Trinajstić information content (AvgIpc) is 2.88. The van der Waals surface area contributed by atoms with E-state index < -0.39 is 5.82 Å². The molecule has 0 bridgehead atoms. The molecule has 0 saturated carbocycles. The molecule has 0 unspecified atom stereocenters. The normalized spacial score (nSPS) is 9.86. The Morgan fingerprint density at radius 2 is 2.24 bits per heavy atom. The van der Waals surface area contributed by atoms with E-state index in [0.29, 0.717) is 17.0 Å². The van der Waals surface area contributed by atoms with Gasteiger partial charge in [0.2, 0.25) is 0 Å². The molecule has 2 aromatic rings. The SMILES string of the molecule is Cc1occc1C(=O)Nc1ccc(C#CCCO)c(F)c1. The Morgan fingerprint density at radius 3 is 2.86 bits per heavy atom. The summed E-state index contributed by atoms with van der Waals surface area (Å²) < 4.78 is 18.9. The fraction of sp³-hybridized carbons (Fsp3) is 0.188. The highest BCUT2D eigenvalue weighted by atomic mass is 19.1. The third kappa shape index (κ3) is 3.71. The van der Waals surface area contributed by atoms with Crippen molar-refractivity contribution >= 4 is 11.6 Å². The van der Waals surface area contributed by atoms with Gasteiger partial charge in [0.25, 0.3) is 5.91 Å². The molecular formula is C16H14FNO3. The van der Waals surface area contributed by atoms with Crippen LogP contribution in [0.3, 0.4) is 0 Å². The van der Waals surface area contributed by atoms with Gasteiger partial charge in [-0.1, -0.05) is 11.8 Å². The molecule has 0 spiro atoms. The number of rotatable bonds is 3. The maximum atomic E-state index is 13.8. The number of hydrogen-bond acceptors (Lipinski definition) is 3. The lowest BCUT2D eigenvalue weighted by molar-refractivity contribution is 0.102. The number of hydrogen-bond donors (Lipinski definition) is 2. The lowest BCUT2D eigenvalue weighted by Crippen LogP contribution is -2.12. The van der Waals surface area contributed by atoms with Crippen LogP contribution in [0.1, 0.15) is 28.1 Å². The topological polar surface area (TPSA) is 62.5 Å². The van der Waals surface area contributed by atoms with Crippen LogP contribution in [0, 0.1) is 24.6 Å². The number of amides is 1. The lowest BCUT2D eigenvalue weighted by Gasteiger charge is -2.05. The van der Waals surface area contributed by atoms with E-state index in [1.165, 1.54) is 18.4 Å². The van der Waals surface area contributed by atoms with E-state index in [1.807, 2.05) is 0 Å². The fourth-order valence-corrected chi connectivity index (χ4v) is 1.73. The second-order valence-corrected chi connectivity index (χ2v) is 4.31. The molecule has 0 saturated heterocycles. The predicted molar refractivity (Wildman–Crippen MR) is 76.4 cm³/mol. The monoisotopic (exact) mass is 287 g/mol. The number of carbonyl (C=O) groups is 1. The summed E-state index contributed by atoms with van der Waals surface area (Å²) in [5, 5.41) is 11.2. The van der Waals surface area contributed by atoms with Crippen molar-refractivity contribution in [2.24, 2.45) is 0 Å². The average molecular weight is 287 g/mol. The first-order chi connectivity index (χ1) is 10.1. The highest BCUT2D eigenvalue weighted by Gasteiger charge is 2.12. The van der Waals surface area contributed by atoms with Crippen molar-refractivity contribution in [1.29, 1.82) is 0 Å². The van der Waals surface area contributed by atoms with E-state index in [2.05, 4.69) is 17.2 Å². The molecule has 4 nitrogen and oxygen atoms in total. The van der Waals surface area contributed by atoms with Gasteiger partial charge in [0, 0.05) is 12.1 Å². The highest BCUT2D eigenvalue weighted by Crippen LogP contribution is 2.16. The van der Waals surface area contributed by atoms with Crippen LogP contribution in [-0.2, 0) is 0 Å². The summed E-state index contributed by atoms with van der Waals surface area (Å²) in [6.07, 6.45) is 1.71. The molecule has 2 rings (SSSR count). The van der Waals surface area contributed by atoms with Crippen LogP contribution in [0.5, 0.6) is 0 Å². The maximum absolute atomic E-state index is 13.8. The van der Waals surface area contributed by atoms with Crippen molar-refractivity contribution in [3.8, 4) is 11.8 Å². The highest BCUT2D eigenvalue weighted by molar-refractivity contribution is 6.04. The predicted octanol–water partition coefficient (Wildman–Crippen LogP) is 2.71. The van der Waals surface area contributed by atoms with Crippen molar-refractivity contribution in [1.82, 2.24) is 0 Å². The Kier molecular flexibility index (Phi) is 4.75. The second kappa shape index (κ2) is 6.73. The number of carbonyl (C=O) groups excluding carboxylic acids is 1. The zero-order valence-electron chi connectivity index (χ0n) is 11.4. The minimum atomic E-state index is -0.526. The summed E-state index contributed by atoms with van der Waals surface area (Å²) >= 11 is 0. The molecule has 1 aromatic heterocycles. The Morgan fingerprint density at radius 1 is 1.43 bits per heavy atom. The molecule has 1 aromatic carbocycles. The number of aliphatic hydroxyl groups is 1. The van der Waals surface area contributed by atoms with Crippen LogP contribution < -0.4 is 5.32 Å². The molecule has 0 atom stereocenters. The summed E-state index contributed by atoms with van der Waals surface area (Å²) in [6, 6.07) is 5.81. The van der Waals surface area contributed by atoms with E-state index in [9.17, 15) is 9.18 Å². The Balaban J connectivity index is 2.12. The number of aryl methyl sites for hydroxylation is 1. The smallest absolute Gasteiger partial charge is 0.259 e. The largest absolute Gasteiger partial charge is 0.469 e. The zero-order valence-corrected chi connectivity index (χ0v) is 11.4. The van der Waals surface area contributed by atoms with Gasteiger partial charge in [-0.3, -0.25) is 4.79 Å². The van der Waals surface area contributed by atoms with Gasteiger partial charge >= 0.3 is 0 Å². The number of benzene rings is 1. The van der Waals surface area contributed by atoms with Crippen molar-refractivity contribution in [2.45, 2.75) is 13.3 Å². The first-order valence-electron chi connectivity index (χ1n) is 6.36. The van der Waals surface area contributed by atoms with Gasteiger partial charge in [0.1, 0.15) is 11.6 Å². The Hall–Kier alpha value is -2.58. The fourth-order valence-electron chi connectivity index (χ4n) is 1.73. The number of furan rings is 1. The second-order valence-electron chi connectivity index (χ2n) is 4.31. The van der Waals surface area contributed by atoms with E-state index in [0.717, 1.165) is 0 Å². The maximum Gasteiger partial charge on any atom is 0.259 e. The van der Waals surface area contributed by atoms with Gasteiger partial charge in [-0.2, -0.15) is 0 Å². The van der Waals surface area contributed by atoms with Gasteiger partial charge in [-0.15, -0.1) is 0 Å². The Labute approximate surface area is 121 Å². The molecule has 1 amide bonds. The quantitative estimate of drug-likeness (QED) is 0.853. The summed E-state index contributed by atoms with van der Waals surface area (Å²) in [5.74, 6) is 4.87. The summed E-state index contributed by atoms with van der Waals surface area (Å²) in [4.78, 5) is 12.0. The van der Waals surface area contributed by atoms with E-state index >= 15 is 0 Å². The van der Waals surface area contributed by atoms with Crippen LogP contribution in [0.4, 0.5) is 10.1 Å². The minimum absolute atomic E-state index is 0.0627. The molecule has 2 N–H and O–H groups in total. The van der Waals surface area contributed by atoms with Crippen molar-refractivity contribution in [3.05, 3.63) is 53.2 Å². The standard InChI is InChI=1S/C16H14FNO3/c1-11-14(7-9-21-11)16(20)18-13-6-5-12(15(17)10-13)4-2-3-8-19/h5-7,9-10,19H,3,8H2,1H3,(H,18,20). The third-order valence-corrected chi connectivity index (χ3v) is 2.79. The summed E-state index contributed by atoms with van der Waals surface area (Å²) in [5.41, 5.74) is 0.967. The molecule has 0 radical (unpaired) electrons.